The number of rotatable bonds is 3. The van der Waals surface area contributed by atoms with E-state index in [0.717, 1.165) is 0 Å². The molecule has 0 spiro atoms. The highest BCUT2D eigenvalue weighted by Gasteiger charge is 2.26. The summed E-state index contributed by atoms with van der Waals surface area (Å²) in [5.41, 5.74) is 0.401. The van der Waals surface area contributed by atoms with Gasteiger partial charge in [0.2, 0.25) is 0 Å². The Balaban J connectivity index is 2.31. The highest BCUT2D eigenvalue weighted by Crippen LogP contribution is 2.41. The van der Waals surface area contributed by atoms with Crippen molar-refractivity contribution in [3.8, 4) is 11.5 Å². The highest BCUT2D eigenvalue weighted by molar-refractivity contribution is 9.10. The van der Waals surface area contributed by atoms with Crippen molar-refractivity contribution in [2.75, 3.05) is 19.8 Å². The summed E-state index contributed by atoms with van der Waals surface area (Å²) >= 11 is 3.31. The first kappa shape index (κ1) is 13.2. The van der Waals surface area contributed by atoms with E-state index in [-0.39, 0.29) is 6.61 Å². The number of aliphatic hydroxyl groups excluding tert-OH is 1. The van der Waals surface area contributed by atoms with Gasteiger partial charge in [-0.3, -0.25) is 0 Å². The van der Waals surface area contributed by atoms with E-state index in [1.807, 2.05) is 0 Å². The van der Waals surface area contributed by atoms with Crippen LogP contribution in [0.3, 0.4) is 0 Å². The van der Waals surface area contributed by atoms with Gasteiger partial charge in [0.05, 0.1) is 11.1 Å². The van der Waals surface area contributed by atoms with Gasteiger partial charge in [-0.25, -0.2) is 4.79 Å². The van der Waals surface area contributed by atoms with E-state index in [1.54, 1.807) is 19.1 Å². The third-order valence-electron chi connectivity index (χ3n) is 2.48. The molecule has 0 aromatic heterocycles. The molecule has 0 radical (unpaired) electrons. The van der Waals surface area contributed by atoms with Gasteiger partial charge in [-0.1, -0.05) is 6.07 Å². The number of hydrogen-bond donors (Lipinski definition) is 1. The zero-order valence-corrected chi connectivity index (χ0v) is 11.4. The van der Waals surface area contributed by atoms with E-state index in [9.17, 15) is 9.90 Å². The maximum absolute atomic E-state index is 11.5. The van der Waals surface area contributed by atoms with Crippen molar-refractivity contribution >= 4 is 21.9 Å². The molecule has 1 N–H and O–H groups in total. The number of carbonyl (C=O) groups excluding carboxylic acids is 1. The van der Waals surface area contributed by atoms with Gasteiger partial charge in [-0.2, -0.15) is 0 Å². The molecule has 2 rings (SSSR count). The van der Waals surface area contributed by atoms with Gasteiger partial charge in [0.25, 0.3) is 0 Å². The van der Waals surface area contributed by atoms with E-state index in [4.69, 9.17) is 14.2 Å². The molecule has 1 aliphatic heterocycles. The summed E-state index contributed by atoms with van der Waals surface area (Å²) in [5.74, 6) is 0.407. The Morgan fingerprint density at radius 2 is 2.22 bits per heavy atom. The summed E-state index contributed by atoms with van der Waals surface area (Å²) in [4.78, 5) is 11.5. The second-order valence-corrected chi connectivity index (χ2v) is 4.44. The molecule has 1 unspecified atom stereocenters. The predicted octanol–water partition coefficient (Wildman–Crippen LogP) is 1.82. The number of hydrogen-bond acceptors (Lipinski definition) is 5. The Hall–Kier alpha value is -1.27. The topological polar surface area (TPSA) is 65.0 Å². The van der Waals surface area contributed by atoms with E-state index in [1.165, 1.54) is 0 Å². The van der Waals surface area contributed by atoms with Gasteiger partial charge in [-0.15, -0.1) is 0 Å². The molecule has 0 saturated heterocycles. The molecule has 6 heteroatoms. The fraction of sp³-hybridized carbons (Fsp3) is 0.417. The second-order valence-electron chi connectivity index (χ2n) is 3.65. The van der Waals surface area contributed by atoms with Crippen LogP contribution in [0.4, 0.5) is 0 Å². The first-order valence-electron chi connectivity index (χ1n) is 5.57. The second kappa shape index (κ2) is 5.58. The van der Waals surface area contributed by atoms with Gasteiger partial charge in [0, 0.05) is 5.56 Å². The lowest BCUT2D eigenvalue weighted by Crippen LogP contribution is -2.19. The summed E-state index contributed by atoms with van der Waals surface area (Å²) in [6.07, 6.45) is -1.34. The van der Waals surface area contributed by atoms with Gasteiger partial charge in [0.1, 0.15) is 13.2 Å². The van der Waals surface area contributed by atoms with Crippen molar-refractivity contribution in [2.45, 2.75) is 13.0 Å². The lowest BCUT2D eigenvalue weighted by atomic mass is 10.1. The number of aliphatic hydroxyl groups is 1. The lowest BCUT2D eigenvalue weighted by molar-refractivity contribution is -0.153. The van der Waals surface area contributed by atoms with Crippen molar-refractivity contribution in [1.29, 1.82) is 0 Å². The molecule has 0 aliphatic carbocycles. The summed E-state index contributed by atoms with van der Waals surface area (Å²) in [5, 5.41) is 9.90. The standard InChI is InChI=1S/C12H13BrO5/c1-2-16-12(15)10(14)7-3-4-8-11(9(7)13)18-6-5-17-8/h3-4,10,14H,2,5-6H2,1H3. The number of benzene rings is 1. The van der Waals surface area contributed by atoms with Gasteiger partial charge < -0.3 is 19.3 Å². The third-order valence-corrected chi connectivity index (χ3v) is 3.30. The summed E-state index contributed by atoms with van der Waals surface area (Å²) in [7, 11) is 0. The van der Waals surface area contributed by atoms with Crippen LogP contribution in [-0.2, 0) is 9.53 Å². The van der Waals surface area contributed by atoms with Crippen LogP contribution in [0.2, 0.25) is 0 Å². The van der Waals surface area contributed by atoms with Crippen LogP contribution >= 0.6 is 15.9 Å². The number of ether oxygens (including phenoxy) is 3. The molecule has 0 fully saturated rings. The highest BCUT2D eigenvalue weighted by atomic mass is 79.9. The molecule has 1 heterocycles. The van der Waals surface area contributed by atoms with Crippen LogP contribution in [0.25, 0.3) is 0 Å². The third kappa shape index (κ3) is 2.44. The first-order chi connectivity index (χ1) is 8.65. The van der Waals surface area contributed by atoms with Gasteiger partial charge in [-0.05, 0) is 28.9 Å². The Bertz CT molecular complexity index is 460. The van der Waals surface area contributed by atoms with Crippen LogP contribution in [0.15, 0.2) is 16.6 Å². The Labute approximate surface area is 113 Å². The molecule has 1 aromatic rings. The summed E-state index contributed by atoms with van der Waals surface area (Å²) < 4.78 is 16.1. The fourth-order valence-corrected chi connectivity index (χ4v) is 2.32. The van der Waals surface area contributed by atoms with Crippen LogP contribution < -0.4 is 9.47 Å². The minimum atomic E-state index is -1.34. The van der Waals surface area contributed by atoms with E-state index >= 15 is 0 Å². The largest absolute Gasteiger partial charge is 0.486 e. The molecule has 98 valence electrons. The lowest BCUT2D eigenvalue weighted by Gasteiger charge is -2.22. The monoisotopic (exact) mass is 316 g/mol. The molecule has 18 heavy (non-hydrogen) atoms. The Morgan fingerprint density at radius 3 is 2.94 bits per heavy atom. The minimum Gasteiger partial charge on any atom is -0.486 e. The van der Waals surface area contributed by atoms with Crippen molar-refractivity contribution in [3.63, 3.8) is 0 Å². The number of esters is 1. The molecule has 1 atom stereocenters. The van der Waals surface area contributed by atoms with Crippen molar-refractivity contribution in [3.05, 3.63) is 22.2 Å². The molecule has 1 aromatic carbocycles. The van der Waals surface area contributed by atoms with Gasteiger partial charge >= 0.3 is 5.97 Å². The van der Waals surface area contributed by atoms with Crippen LogP contribution in [0.1, 0.15) is 18.6 Å². The first-order valence-corrected chi connectivity index (χ1v) is 6.37. The van der Waals surface area contributed by atoms with Crippen LogP contribution in [0, 0.1) is 0 Å². The van der Waals surface area contributed by atoms with Gasteiger partial charge in [0.15, 0.2) is 17.6 Å². The Morgan fingerprint density at radius 1 is 1.50 bits per heavy atom. The van der Waals surface area contributed by atoms with E-state index in [0.29, 0.717) is 34.7 Å². The number of carbonyl (C=O) groups is 1. The van der Waals surface area contributed by atoms with E-state index in [2.05, 4.69) is 15.9 Å². The molecule has 0 amide bonds. The Kier molecular flexibility index (Phi) is 4.08. The van der Waals surface area contributed by atoms with Crippen LogP contribution in [-0.4, -0.2) is 30.9 Å². The summed E-state index contributed by atoms with van der Waals surface area (Å²) in [6, 6.07) is 3.27. The zero-order chi connectivity index (χ0) is 13.1. The average Bonchev–Trinajstić information content (AvgIpc) is 2.39. The number of fused-ring (bicyclic) bond motifs is 1. The maximum atomic E-state index is 11.5. The van der Waals surface area contributed by atoms with Crippen molar-refractivity contribution in [2.24, 2.45) is 0 Å². The molecule has 0 saturated carbocycles. The normalized spacial score (nSPS) is 15.1. The quantitative estimate of drug-likeness (QED) is 0.862. The minimum absolute atomic E-state index is 0.220. The SMILES string of the molecule is CCOC(=O)C(O)c1ccc2c(c1Br)OCCO2. The predicted molar refractivity (Wildman–Crippen MR) is 66.7 cm³/mol. The molecule has 1 aliphatic rings. The smallest absolute Gasteiger partial charge is 0.339 e. The number of halogens is 1. The molecule has 5 nitrogen and oxygen atoms in total. The average molecular weight is 317 g/mol. The van der Waals surface area contributed by atoms with Crippen molar-refractivity contribution < 1.29 is 24.1 Å². The molecule has 0 bridgehead atoms. The molecular formula is C12H13BrO5. The van der Waals surface area contributed by atoms with Crippen molar-refractivity contribution in [1.82, 2.24) is 0 Å². The van der Waals surface area contributed by atoms with Crippen LogP contribution in [0.5, 0.6) is 11.5 Å². The maximum Gasteiger partial charge on any atom is 0.339 e. The summed E-state index contributed by atoms with van der Waals surface area (Å²) in [6.45, 7) is 2.82. The fourth-order valence-electron chi connectivity index (χ4n) is 1.66. The zero-order valence-electron chi connectivity index (χ0n) is 9.81. The van der Waals surface area contributed by atoms with E-state index < -0.39 is 12.1 Å². The molecular weight excluding hydrogens is 304 g/mol.